The van der Waals surface area contributed by atoms with Crippen molar-refractivity contribution in [3.05, 3.63) is 48.0 Å². The van der Waals surface area contributed by atoms with Crippen LogP contribution in [0.25, 0.3) is 11.3 Å². The quantitative estimate of drug-likeness (QED) is 0.341. The highest BCUT2D eigenvalue weighted by Crippen LogP contribution is 2.40. The molecule has 9 nitrogen and oxygen atoms in total. The van der Waals surface area contributed by atoms with E-state index in [2.05, 4.69) is 27.4 Å². The van der Waals surface area contributed by atoms with E-state index in [9.17, 15) is 9.90 Å². The van der Waals surface area contributed by atoms with Gasteiger partial charge < -0.3 is 29.4 Å². The summed E-state index contributed by atoms with van der Waals surface area (Å²) in [6.45, 7) is 3.78. The molecule has 2 heterocycles. The molecule has 0 bridgehead atoms. The number of nitrogens with one attached hydrogen (secondary N) is 1. The Morgan fingerprint density at radius 1 is 1.15 bits per heavy atom. The number of fused-ring (bicyclic) bond motifs is 3. The number of hydrogen-bond acceptors (Lipinski definition) is 10. The van der Waals surface area contributed by atoms with Gasteiger partial charge in [0, 0.05) is 22.6 Å². The zero-order chi connectivity index (χ0) is 23.9. The molecule has 1 aromatic heterocycles. The summed E-state index contributed by atoms with van der Waals surface area (Å²) >= 11 is 1.55. The summed E-state index contributed by atoms with van der Waals surface area (Å²) in [5.41, 5.74) is 2.96. The van der Waals surface area contributed by atoms with Gasteiger partial charge in [0.05, 0.1) is 12.6 Å². The molecule has 2 aromatic carbocycles. The third-order valence-electron chi connectivity index (χ3n) is 4.98. The zero-order valence-corrected chi connectivity index (χ0v) is 19.8. The van der Waals surface area contributed by atoms with E-state index >= 15 is 0 Å². The Hall–Kier alpha value is -3.53. The minimum atomic E-state index is -1.31. The van der Waals surface area contributed by atoms with Crippen molar-refractivity contribution in [3.63, 3.8) is 0 Å². The number of benzene rings is 2. The molecule has 0 unspecified atom stereocenters. The van der Waals surface area contributed by atoms with Crippen LogP contribution >= 0.6 is 11.8 Å². The summed E-state index contributed by atoms with van der Waals surface area (Å²) in [4.78, 5) is 15.5. The van der Waals surface area contributed by atoms with Gasteiger partial charge in [0.1, 0.15) is 6.61 Å². The van der Waals surface area contributed by atoms with Crippen molar-refractivity contribution in [2.45, 2.75) is 38.1 Å². The van der Waals surface area contributed by atoms with Gasteiger partial charge in [0.25, 0.3) is 0 Å². The third-order valence-corrected chi connectivity index (χ3v) is 5.90. The van der Waals surface area contributed by atoms with Crippen molar-refractivity contribution in [1.82, 2.24) is 15.2 Å². The molecule has 0 fully saturated rings. The lowest BCUT2D eigenvalue weighted by atomic mass is 10.1. The Balaban J connectivity index is 1.69. The Kier molecular flexibility index (Phi) is 7.69. The SMILES string of the molecule is CCCCSc1nnc2c(n1)O[C@H](c1ccc(OCC(=O)[O-])c(OCC)c1)Nc1ccccc1-2. The largest absolute Gasteiger partial charge is 0.546 e. The third kappa shape index (κ3) is 5.51. The fourth-order valence-corrected chi connectivity index (χ4v) is 4.24. The van der Waals surface area contributed by atoms with Gasteiger partial charge in [-0.1, -0.05) is 43.3 Å². The van der Waals surface area contributed by atoms with Gasteiger partial charge in [-0.3, -0.25) is 0 Å². The number of carboxylic acid groups (broad SMARTS) is 1. The van der Waals surface area contributed by atoms with Crippen molar-refractivity contribution >= 4 is 23.4 Å². The van der Waals surface area contributed by atoms with Gasteiger partial charge in [-0.2, -0.15) is 4.98 Å². The molecule has 0 saturated heterocycles. The molecule has 1 N–H and O–H groups in total. The molecule has 3 aromatic rings. The second kappa shape index (κ2) is 11.1. The van der Waals surface area contributed by atoms with Gasteiger partial charge in [0.2, 0.25) is 11.0 Å². The number of carbonyl (C=O) groups is 1. The molecule has 4 rings (SSSR count). The number of rotatable bonds is 10. The summed E-state index contributed by atoms with van der Waals surface area (Å²) in [6, 6.07) is 12.9. The Morgan fingerprint density at radius 2 is 2.00 bits per heavy atom. The van der Waals surface area contributed by atoms with Gasteiger partial charge >= 0.3 is 0 Å². The number of nitrogens with zero attached hydrogens (tertiary/aromatic N) is 3. The van der Waals surface area contributed by atoms with Crippen LogP contribution < -0.4 is 24.6 Å². The fraction of sp³-hybridized carbons (Fsp3) is 0.333. The molecule has 0 aliphatic carbocycles. The monoisotopic (exact) mass is 481 g/mol. The van der Waals surface area contributed by atoms with Gasteiger partial charge in [0.15, 0.2) is 23.4 Å². The van der Waals surface area contributed by atoms with E-state index in [1.807, 2.05) is 31.2 Å². The lowest BCUT2D eigenvalue weighted by Crippen LogP contribution is -2.29. The predicted octanol–water partition coefficient (Wildman–Crippen LogP) is 3.46. The highest BCUT2D eigenvalue weighted by molar-refractivity contribution is 7.99. The van der Waals surface area contributed by atoms with Crippen LogP contribution in [0.5, 0.6) is 17.4 Å². The standard InChI is InChI=1S/C24H26N4O5S/c1-3-5-12-34-24-26-23-21(27-28-24)16-8-6-7-9-17(16)25-22(33-23)15-10-11-18(32-14-20(29)30)19(13-15)31-4-2/h6-11,13,22,25H,3-5,12,14H2,1-2H3,(H,29,30)/p-1/t22-/m1/s1. The Morgan fingerprint density at radius 3 is 2.79 bits per heavy atom. The van der Waals surface area contributed by atoms with E-state index < -0.39 is 18.8 Å². The number of aromatic nitrogens is 3. The summed E-state index contributed by atoms with van der Waals surface area (Å²) < 4.78 is 17.3. The molecule has 1 atom stereocenters. The highest BCUT2D eigenvalue weighted by Gasteiger charge is 2.26. The van der Waals surface area contributed by atoms with Crippen LogP contribution in [0, 0.1) is 0 Å². The topological polar surface area (TPSA) is 119 Å². The normalized spacial score (nSPS) is 14.1. The maximum absolute atomic E-state index is 10.8. The van der Waals surface area contributed by atoms with Crippen LogP contribution in [0.3, 0.4) is 0 Å². The van der Waals surface area contributed by atoms with E-state index in [1.165, 1.54) is 0 Å². The lowest BCUT2D eigenvalue weighted by molar-refractivity contribution is -0.307. The van der Waals surface area contributed by atoms with Crippen molar-refractivity contribution in [3.8, 4) is 28.6 Å². The first kappa shape index (κ1) is 23.6. The zero-order valence-electron chi connectivity index (χ0n) is 18.9. The number of ether oxygens (including phenoxy) is 3. The maximum Gasteiger partial charge on any atom is 0.247 e. The molecule has 34 heavy (non-hydrogen) atoms. The van der Waals surface area contributed by atoms with Crippen molar-refractivity contribution < 1.29 is 24.1 Å². The number of carbonyl (C=O) groups excluding carboxylic acids is 1. The first-order chi connectivity index (χ1) is 16.6. The molecule has 1 aliphatic rings. The van der Waals surface area contributed by atoms with Crippen LogP contribution in [0.1, 0.15) is 38.5 Å². The first-order valence-electron chi connectivity index (χ1n) is 11.1. The summed E-state index contributed by atoms with van der Waals surface area (Å²) in [5.74, 6) is 0.684. The molecular formula is C24H25N4O5S-. The lowest BCUT2D eigenvalue weighted by Gasteiger charge is -2.21. The number of thioether (sulfide) groups is 1. The highest BCUT2D eigenvalue weighted by atomic mass is 32.2. The predicted molar refractivity (Wildman–Crippen MR) is 126 cm³/mol. The maximum atomic E-state index is 10.8. The van der Waals surface area contributed by atoms with E-state index in [0.717, 1.165) is 35.4 Å². The molecule has 0 radical (unpaired) electrons. The smallest absolute Gasteiger partial charge is 0.247 e. The molecule has 10 heteroatoms. The van der Waals surface area contributed by atoms with Crippen LogP contribution in [-0.4, -0.2) is 40.1 Å². The molecule has 0 saturated carbocycles. The van der Waals surface area contributed by atoms with Crippen LogP contribution in [0.2, 0.25) is 0 Å². The van der Waals surface area contributed by atoms with Crippen molar-refractivity contribution in [1.29, 1.82) is 0 Å². The van der Waals surface area contributed by atoms with Gasteiger partial charge in [-0.05, 0) is 37.6 Å². The number of carboxylic acids is 1. The summed E-state index contributed by atoms with van der Waals surface area (Å²) in [7, 11) is 0. The number of aliphatic carboxylic acids is 1. The second-order valence-electron chi connectivity index (χ2n) is 7.44. The molecule has 1 aliphatic heterocycles. The second-order valence-corrected chi connectivity index (χ2v) is 8.50. The van der Waals surface area contributed by atoms with Gasteiger partial charge in [-0.15, -0.1) is 10.2 Å². The molecule has 178 valence electrons. The average Bonchev–Trinajstić information content (AvgIpc) is 3.00. The van der Waals surface area contributed by atoms with Crippen molar-refractivity contribution in [2.24, 2.45) is 0 Å². The Labute approximate surface area is 201 Å². The first-order valence-corrected chi connectivity index (χ1v) is 12.1. The van der Waals surface area contributed by atoms with E-state index in [1.54, 1.807) is 30.0 Å². The summed E-state index contributed by atoms with van der Waals surface area (Å²) in [5, 5.41) is 23.5. The Bertz CT molecular complexity index is 1160. The molecule has 0 spiro atoms. The van der Waals surface area contributed by atoms with Crippen LogP contribution in [0.4, 0.5) is 5.69 Å². The fourth-order valence-electron chi connectivity index (χ4n) is 3.38. The average molecular weight is 482 g/mol. The van der Waals surface area contributed by atoms with Gasteiger partial charge in [-0.25, -0.2) is 0 Å². The van der Waals surface area contributed by atoms with Crippen LogP contribution in [-0.2, 0) is 4.79 Å². The molecular weight excluding hydrogens is 456 g/mol. The minimum absolute atomic E-state index is 0.308. The van der Waals surface area contributed by atoms with E-state index in [0.29, 0.717) is 34.8 Å². The number of unbranched alkanes of at least 4 members (excludes halogenated alkanes) is 1. The van der Waals surface area contributed by atoms with E-state index in [-0.39, 0.29) is 0 Å². The number of para-hydroxylation sites is 1. The molecule has 0 amide bonds. The minimum Gasteiger partial charge on any atom is -0.546 e. The number of hydrogen-bond donors (Lipinski definition) is 1. The van der Waals surface area contributed by atoms with E-state index in [4.69, 9.17) is 14.2 Å². The number of anilines is 1. The van der Waals surface area contributed by atoms with Crippen LogP contribution in [0.15, 0.2) is 47.6 Å². The van der Waals surface area contributed by atoms with Crippen molar-refractivity contribution in [2.75, 3.05) is 24.3 Å². The summed E-state index contributed by atoms with van der Waals surface area (Å²) in [6.07, 6.45) is 1.54.